The fourth-order valence-corrected chi connectivity index (χ4v) is 3.02. The van der Waals surface area contributed by atoms with Crippen molar-refractivity contribution >= 4 is 28.8 Å². The summed E-state index contributed by atoms with van der Waals surface area (Å²) < 4.78 is 6.56. The Morgan fingerprint density at radius 2 is 2.00 bits per heavy atom. The van der Waals surface area contributed by atoms with Gasteiger partial charge in [0, 0.05) is 10.9 Å². The highest BCUT2D eigenvalue weighted by Gasteiger charge is 2.22. The van der Waals surface area contributed by atoms with Crippen LogP contribution in [0.4, 0.5) is 0 Å². The number of amides is 1. The highest BCUT2D eigenvalue weighted by atomic mass is 35.5. The van der Waals surface area contributed by atoms with Crippen molar-refractivity contribution in [2.24, 2.45) is 11.5 Å². The van der Waals surface area contributed by atoms with E-state index in [-0.39, 0.29) is 12.1 Å². The molecule has 20 heavy (non-hydrogen) atoms. The van der Waals surface area contributed by atoms with Gasteiger partial charge in [0.15, 0.2) is 0 Å². The van der Waals surface area contributed by atoms with Gasteiger partial charge in [-0.2, -0.15) is 0 Å². The molecule has 1 heterocycles. The van der Waals surface area contributed by atoms with Crippen LogP contribution in [0.25, 0.3) is 0 Å². The number of thiophene rings is 1. The maximum atomic E-state index is 11.4. The number of halogens is 1. The Kier molecular flexibility index (Phi) is 4.65. The standard InChI is InChI=1S/C14H15ClN2O2S/c1-8(16)13(11-6-7-12(15)20-11)19-10-5-3-2-4-9(10)14(17)18/h2-8,13H,16H2,1H3,(H2,17,18). The molecule has 4 N–H and O–H groups in total. The fourth-order valence-electron chi connectivity index (χ4n) is 1.82. The minimum absolute atomic E-state index is 0.259. The third kappa shape index (κ3) is 3.30. The Bertz CT molecular complexity index is 613. The SMILES string of the molecule is CC(N)C(Oc1ccccc1C(N)=O)c1ccc(Cl)s1. The largest absolute Gasteiger partial charge is 0.482 e. The molecular weight excluding hydrogens is 296 g/mol. The molecule has 2 unspecified atom stereocenters. The highest BCUT2D eigenvalue weighted by Crippen LogP contribution is 2.32. The summed E-state index contributed by atoms with van der Waals surface area (Å²) in [7, 11) is 0. The molecule has 2 rings (SSSR count). The van der Waals surface area contributed by atoms with Crippen LogP contribution in [0.15, 0.2) is 36.4 Å². The maximum absolute atomic E-state index is 11.4. The molecule has 0 aliphatic rings. The second-order valence-electron chi connectivity index (χ2n) is 4.40. The van der Waals surface area contributed by atoms with E-state index in [9.17, 15) is 4.79 Å². The number of nitrogens with two attached hydrogens (primary N) is 2. The molecule has 0 saturated heterocycles. The lowest BCUT2D eigenvalue weighted by Gasteiger charge is -2.22. The van der Waals surface area contributed by atoms with Crippen LogP contribution in [0.1, 0.15) is 28.3 Å². The Balaban J connectivity index is 2.32. The number of hydrogen-bond acceptors (Lipinski definition) is 4. The van der Waals surface area contributed by atoms with Gasteiger partial charge in [0.25, 0.3) is 5.91 Å². The fraction of sp³-hybridized carbons (Fsp3) is 0.214. The van der Waals surface area contributed by atoms with E-state index >= 15 is 0 Å². The number of benzene rings is 1. The monoisotopic (exact) mass is 310 g/mol. The number of para-hydroxylation sites is 1. The van der Waals surface area contributed by atoms with E-state index in [2.05, 4.69) is 0 Å². The average molecular weight is 311 g/mol. The van der Waals surface area contributed by atoms with Crippen LogP contribution < -0.4 is 16.2 Å². The smallest absolute Gasteiger partial charge is 0.252 e. The van der Waals surface area contributed by atoms with Gasteiger partial charge in [-0.3, -0.25) is 4.79 Å². The topological polar surface area (TPSA) is 78.3 Å². The summed E-state index contributed by atoms with van der Waals surface area (Å²) >= 11 is 7.34. The summed E-state index contributed by atoms with van der Waals surface area (Å²) in [4.78, 5) is 12.3. The van der Waals surface area contributed by atoms with Crippen LogP contribution in [-0.2, 0) is 0 Å². The molecular formula is C14H15ClN2O2S. The molecule has 2 aromatic rings. The van der Waals surface area contributed by atoms with Gasteiger partial charge in [-0.1, -0.05) is 23.7 Å². The summed E-state index contributed by atoms with van der Waals surface area (Å²) in [5.74, 6) is -0.111. The van der Waals surface area contributed by atoms with Gasteiger partial charge in [0.1, 0.15) is 11.9 Å². The first-order valence-corrected chi connectivity index (χ1v) is 7.25. The predicted octanol–water partition coefficient (Wildman–Crippen LogP) is 2.97. The van der Waals surface area contributed by atoms with Crippen LogP contribution in [0, 0.1) is 0 Å². The normalized spacial score (nSPS) is 13.8. The zero-order valence-electron chi connectivity index (χ0n) is 10.9. The molecule has 0 fully saturated rings. The summed E-state index contributed by atoms with van der Waals surface area (Å²) in [5, 5.41) is 0. The average Bonchev–Trinajstić information content (AvgIpc) is 2.82. The van der Waals surface area contributed by atoms with Gasteiger partial charge >= 0.3 is 0 Å². The maximum Gasteiger partial charge on any atom is 0.252 e. The quantitative estimate of drug-likeness (QED) is 0.891. The molecule has 106 valence electrons. The lowest BCUT2D eigenvalue weighted by molar-refractivity contribution is 0.0991. The van der Waals surface area contributed by atoms with E-state index < -0.39 is 5.91 Å². The van der Waals surface area contributed by atoms with E-state index in [1.807, 2.05) is 13.0 Å². The Morgan fingerprint density at radius 3 is 2.55 bits per heavy atom. The number of ether oxygens (including phenoxy) is 1. The molecule has 1 aromatic carbocycles. The summed E-state index contributed by atoms with van der Waals surface area (Å²) in [5.41, 5.74) is 11.6. The summed E-state index contributed by atoms with van der Waals surface area (Å²) in [6.45, 7) is 1.84. The molecule has 6 heteroatoms. The minimum atomic E-state index is -0.534. The van der Waals surface area contributed by atoms with E-state index in [1.165, 1.54) is 11.3 Å². The number of primary amides is 1. The Morgan fingerprint density at radius 1 is 1.30 bits per heavy atom. The first-order chi connectivity index (χ1) is 9.49. The van der Waals surface area contributed by atoms with Crippen molar-refractivity contribution in [3.8, 4) is 5.75 Å². The lowest BCUT2D eigenvalue weighted by Crippen LogP contribution is -2.29. The van der Waals surface area contributed by atoms with Crippen molar-refractivity contribution in [3.63, 3.8) is 0 Å². The van der Waals surface area contributed by atoms with E-state index in [4.69, 9.17) is 27.8 Å². The Labute approximate surface area is 126 Å². The highest BCUT2D eigenvalue weighted by molar-refractivity contribution is 7.16. The van der Waals surface area contributed by atoms with Gasteiger partial charge in [-0.15, -0.1) is 11.3 Å². The van der Waals surface area contributed by atoms with Crippen molar-refractivity contribution < 1.29 is 9.53 Å². The van der Waals surface area contributed by atoms with Crippen LogP contribution in [0.5, 0.6) is 5.75 Å². The predicted molar refractivity (Wildman–Crippen MR) is 81.3 cm³/mol. The first-order valence-electron chi connectivity index (χ1n) is 6.05. The molecule has 2 atom stereocenters. The molecule has 0 radical (unpaired) electrons. The molecule has 1 amide bonds. The molecule has 0 aliphatic carbocycles. The number of carbonyl (C=O) groups is 1. The van der Waals surface area contributed by atoms with Gasteiger partial charge in [-0.05, 0) is 31.2 Å². The third-order valence-electron chi connectivity index (χ3n) is 2.76. The third-order valence-corrected chi connectivity index (χ3v) is 4.05. The van der Waals surface area contributed by atoms with Crippen molar-refractivity contribution in [1.82, 2.24) is 0 Å². The Hall–Kier alpha value is -1.56. The second-order valence-corrected chi connectivity index (χ2v) is 6.15. The van der Waals surface area contributed by atoms with Crippen molar-refractivity contribution in [2.45, 2.75) is 19.1 Å². The van der Waals surface area contributed by atoms with Crippen LogP contribution in [0.2, 0.25) is 4.34 Å². The van der Waals surface area contributed by atoms with Gasteiger partial charge in [0.05, 0.1) is 9.90 Å². The van der Waals surface area contributed by atoms with E-state index in [1.54, 1.807) is 30.3 Å². The van der Waals surface area contributed by atoms with Gasteiger partial charge in [-0.25, -0.2) is 0 Å². The minimum Gasteiger partial charge on any atom is -0.482 e. The number of hydrogen-bond donors (Lipinski definition) is 2. The van der Waals surface area contributed by atoms with Gasteiger partial charge in [0.2, 0.25) is 0 Å². The molecule has 0 saturated carbocycles. The molecule has 0 aliphatic heterocycles. The lowest BCUT2D eigenvalue weighted by atomic mass is 10.1. The van der Waals surface area contributed by atoms with Crippen LogP contribution in [-0.4, -0.2) is 11.9 Å². The first kappa shape index (κ1) is 14.8. The second kappa shape index (κ2) is 6.26. The summed E-state index contributed by atoms with van der Waals surface area (Å²) in [6, 6.07) is 10.2. The van der Waals surface area contributed by atoms with Gasteiger partial charge < -0.3 is 16.2 Å². The zero-order valence-corrected chi connectivity index (χ0v) is 12.4. The van der Waals surface area contributed by atoms with E-state index in [0.717, 1.165) is 4.88 Å². The van der Waals surface area contributed by atoms with Crippen molar-refractivity contribution in [3.05, 3.63) is 51.2 Å². The van der Waals surface area contributed by atoms with Crippen LogP contribution in [0.3, 0.4) is 0 Å². The molecule has 0 bridgehead atoms. The molecule has 1 aromatic heterocycles. The van der Waals surface area contributed by atoms with Crippen molar-refractivity contribution in [2.75, 3.05) is 0 Å². The molecule has 4 nitrogen and oxygen atoms in total. The molecule has 0 spiro atoms. The summed E-state index contributed by atoms with van der Waals surface area (Å²) in [6.07, 6.45) is -0.381. The zero-order chi connectivity index (χ0) is 14.7. The number of rotatable bonds is 5. The number of carbonyl (C=O) groups excluding carboxylic acids is 1. The van der Waals surface area contributed by atoms with Crippen LogP contribution >= 0.6 is 22.9 Å². The van der Waals surface area contributed by atoms with E-state index in [0.29, 0.717) is 15.6 Å². The van der Waals surface area contributed by atoms with Crippen molar-refractivity contribution in [1.29, 1.82) is 0 Å².